The monoisotopic (exact) mass is 408 g/mol. The number of halogens is 3. The molecule has 0 saturated carbocycles. The second kappa shape index (κ2) is 9.74. The summed E-state index contributed by atoms with van der Waals surface area (Å²) < 4.78 is 13.4. The molecule has 27 heavy (non-hydrogen) atoms. The van der Waals surface area contributed by atoms with Crippen molar-refractivity contribution in [3.63, 3.8) is 0 Å². The summed E-state index contributed by atoms with van der Waals surface area (Å²) >= 11 is 0. The summed E-state index contributed by atoms with van der Waals surface area (Å²) in [6, 6.07) is 17.1. The Morgan fingerprint density at radius 1 is 0.926 bits per heavy atom. The number of hydrogen-bond acceptors (Lipinski definition) is 3. The molecule has 2 aromatic carbocycles. The largest absolute Gasteiger partial charge is 0.369 e. The molecule has 144 valence electrons. The van der Waals surface area contributed by atoms with Gasteiger partial charge in [0.1, 0.15) is 5.82 Å². The molecular weight excluding hydrogens is 386 g/mol. The third-order valence-electron chi connectivity index (χ3n) is 4.69. The minimum Gasteiger partial charge on any atom is -0.369 e. The number of H-pyrrole nitrogens is 1. The average molecular weight is 409 g/mol. The van der Waals surface area contributed by atoms with Crippen molar-refractivity contribution in [2.24, 2.45) is 0 Å². The van der Waals surface area contributed by atoms with Gasteiger partial charge in [-0.3, -0.25) is 4.90 Å². The lowest BCUT2D eigenvalue weighted by Crippen LogP contribution is -2.46. The predicted molar refractivity (Wildman–Crippen MR) is 112 cm³/mol. The molecule has 1 N–H and O–H groups in total. The lowest BCUT2D eigenvalue weighted by Gasteiger charge is -2.36. The van der Waals surface area contributed by atoms with E-state index in [2.05, 4.69) is 31.9 Å². The summed E-state index contributed by atoms with van der Waals surface area (Å²) in [7, 11) is 0. The quantitative estimate of drug-likeness (QED) is 0.695. The molecule has 1 saturated heterocycles. The van der Waals surface area contributed by atoms with Crippen LogP contribution in [0.15, 0.2) is 60.9 Å². The summed E-state index contributed by atoms with van der Waals surface area (Å²) in [5.74, 6) is -0.176. The Balaban J connectivity index is 0.00000131. The lowest BCUT2D eigenvalue weighted by molar-refractivity contribution is 0.247. The number of nitrogens with zero attached hydrogens (tertiary/aromatic N) is 3. The van der Waals surface area contributed by atoms with Crippen LogP contribution in [0.4, 0.5) is 10.1 Å². The van der Waals surface area contributed by atoms with Crippen LogP contribution >= 0.6 is 24.8 Å². The molecule has 1 fully saturated rings. The Bertz CT molecular complexity index is 833. The number of anilines is 1. The van der Waals surface area contributed by atoms with E-state index in [1.54, 1.807) is 18.5 Å². The summed E-state index contributed by atoms with van der Waals surface area (Å²) in [6.45, 7) is 4.55. The molecule has 4 nitrogen and oxygen atoms in total. The number of benzene rings is 2. The molecule has 0 atom stereocenters. The Labute approximate surface area is 171 Å². The van der Waals surface area contributed by atoms with E-state index in [4.69, 9.17) is 0 Å². The fraction of sp³-hybridized carbons (Fsp3) is 0.250. The van der Waals surface area contributed by atoms with E-state index in [9.17, 15) is 4.39 Å². The van der Waals surface area contributed by atoms with Crippen molar-refractivity contribution < 1.29 is 4.39 Å². The summed E-state index contributed by atoms with van der Waals surface area (Å²) in [6.07, 6.45) is 1.76. The fourth-order valence-electron chi connectivity index (χ4n) is 3.35. The number of piperazine rings is 1. The third kappa shape index (κ3) is 5.01. The van der Waals surface area contributed by atoms with Gasteiger partial charge in [0.15, 0.2) is 0 Å². The molecule has 0 aliphatic carbocycles. The zero-order valence-corrected chi connectivity index (χ0v) is 16.5. The highest BCUT2D eigenvalue weighted by Crippen LogP contribution is 2.22. The van der Waals surface area contributed by atoms with Crippen LogP contribution in [0.3, 0.4) is 0 Å². The topological polar surface area (TPSA) is 35.2 Å². The van der Waals surface area contributed by atoms with Crippen molar-refractivity contribution in [1.29, 1.82) is 0 Å². The first-order chi connectivity index (χ1) is 12.3. The van der Waals surface area contributed by atoms with Crippen LogP contribution in [0.2, 0.25) is 0 Å². The van der Waals surface area contributed by atoms with Gasteiger partial charge in [-0.05, 0) is 18.2 Å². The molecule has 3 aromatic rings. The maximum atomic E-state index is 13.4. The van der Waals surface area contributed by atoms with Crippen LogP contribution in [-0.4, -0.2) is 41.0 Å². The Morgan fingerprint density at radius 2 is 1.67 bits per heavy atom. The number of nitrogens with one attached hydrogen (secondary N) is 1. The lowest BCUT2D eigenvalue weighted by atomic mass is 10.1. The molecule has 2 heterocycles. The molecule has 7 heteroatoms. The number of rotatable bonds is 4. The second-order valence-corrected chi connectivity index (χ2v) is 6.34. The zero-order valence-electron chi connectivity index (χ0n) is 14.8. The van der Waals surface area contributed by atoms with Crippen LogP contribution < -0.4 is 4.90 Å². The van der Waals surface area contributed by atoms with Gasteiger partial charge in [0.2, 0.25) is 0 Å². The zero-order chi connectivity index (χ0) is 17.1. The highest BCUT2D eigenvalue weighted by atomic mass is 35.5. The highest BCUT2D eigenvalue weighted by Gasteiger charge is 2.19. The summed E-state index contributed by atoms with van der Waals surface area (Å²) in [5.41, 5.74) is 4.27. The van der Waals surface area contributed by atoms with Crippen molar-refractivity contribution >= 4 is 30.5 Å². The molecule has 1 aliphatic heterocycles. The van der Waals surface area contributed by atoms with Crippen molar-refractivity contribution in [2.75, 3.05) is 31.1 Å². The van der Waals surface area contributed by atoms with Crippen molar-refractivity contribution in [2.45, 2.75) is 6.54 Å². The SMILES string of the molecule is Cl.Cl.Fc1cccc(N2CCN(Cc3[nH]cnc3-c3ccccc3)CC2)c1. The first kappa shape index (κ1) is 21.2. The Hall–Kier alpha value is -2.08. The Morgan fingerprint density at radius 3 is 2.37 bits per heavy atom. The molecule has 0 amide bonds. The maximum Gasteiger partial charge on any atom is 0.125 e. The minimum absolute atomic E-state index is 0. The third-order valence-corrected chi connectivity index (χ3v) is 4.69. The first-order valence-electron chi connectivity index (χ1n) is 8.60. The molecule has 0 bridgehead atoms. The van der Waals surface area contributed by atoms with Crippen molar-refractivity contribution in [1.82, 2.24) is 14.9 Å². The normalized spacial score (nSPS) is 14.3. The minimum atomic E-state index is -0.176. The van der Waals surface area contributed by atoms with E-state index < -0.39 is 0 Å². The summed E-state index contributed by atoms with van der Waals surface area (Å²) in [4.78, 5) is 12.4. The van der Waals surface area contributed by atoms with Gasteiger partial charge in [0, 0.05) is 44.0 Å². The fourth-order valence-corrected chi connectivity index (χ4v) is 3.35. The van der Waals surface area contributed by atoms with E-state index in [0.717, 1.165) is 55.4 Å². The van der Waals surface area contributed by atoms with E-state index in [-0.39, 0.29) is 30.6 Å². The van der Waals surface area contributed by atoms with Crippen LogP contribution in [0.1, 0.15) is 5.69 Å². The summed E-state index contributed by atoms with van der Waals surface area (Å²) in [5, 5.41) is 0. The van der Waals surface area contributed by atoms with Gasteiger partial charge in [-0.15, -0.1) is 24.8 Å². The Kier molecular flexibility index (Phi) is 7.66. The van der Waals surface area contributed by atoms with Gasteiger partial charge >= 0.3 is 0 Å². The second-order valence-electron chi connectivity index (χ2n) is 6.34. The van der Waals surface area contributed by atoms with Crippen LogP contribution in [0.5, 0.6) is 0 Å². The van der Waals surface area contributed by atoms with E-state index >= 15 is 0 Å². The number of hydrogen-bond donors (Lipinski definition) is 1. The first-order valence-corrected chi connectivity index (χ1v) is 8.60. The smallest absolute Gasteiger partial charge is 0.125 e. The van der Waals surface area contributed by atoms with Crippen LogP contribution in [0.25, 0.3) is 11.3 Å². The van der Waals surface area contributed by atoms with Gasteiger partial charge in [0.25, 0.3) is 0 Å². The molecule has 1 aliphatic rings. The molecule has 4 rings (SSSR count). The molecule has 1 aromatic heterocycles. The predicted octanol–water partition coefficient (Wildman–Crippen LogP) is 4.38. The number of imidazole rings is 1. The average Bonchev–Trinajstić information content (AvgIpc) is 3.11. The molecule has 0 unspecified atom stereocenters. The number of aromatic nitrogens is 2. The van der Waals surface area contributed by atoms with Crippen molar-refractivity contribution in [3.05, 3.63) is 72.4 Å². The van der Waals surface area contributed by atoms with Gasteiger partial charge in [0.05, 0.1) is 17.7 Å². The van der Waals surface area contributed by atoms with Crippen LogP contribution in [0, 0.1) is 5.82 Å². The standard InChI is InChI=1S/C20H21FN4.2ClH/c21-17-7-4-8-18(13-17)25-11-9-24(10-12-25)14-19-20(23-15-22-19)16-5-2-1-3-6-16;;/h1-8,13,15H,9-12,14H2,(H,22,23);2*1H. The van der Waals surface area contributed by atoms with Gasteiger partial charge < -0.3 is 9.88 Å². The molecule has 0 radical (unpaired) electrons. The van der Waals surface area contributed by atoms with E-state index in [1.165, 1.54) is 6.07 Å². The van der Waals surface area contributed by atoms with Crippen LogP contribution in [-0.2, 0) is 6.54 Å². The van der Waals surface area contributed by atoms with E-state index in [0.29, 0.717) is 0 Å². The van der Waals surface area contributed by atoms with Gasteiger partial charge in [-0.2, -0.15) is 0 Å². The maximum absolute atomic E-state index is 13.4. The van der Waals surface area contributed by atoms with E-state index in [1.807, 2.05) is 24.3 Å². The molecular formula is C20H23Cl2FN4. The van der Waals surface area contributed by atoms with Crippen molar-refractivity contribution in [3.8, 4) is 11.3 Å². The van der Waals surface area contributed by atoms with Gasteiger partial charge in [-0.25, -0.2) is 9.37 Å². The van der Waals surface area contributed by atoms with Gasteiger partial charge in [-0.1, -0.05) is 36.4 Å². The molecule has 0 spiro atoms. The highest BCUT2D eigenvalue weighted by molar-refractivity contribution is 5.85. The number of aromatic amines is 1.